The van der Waals surface area contributed by atoms with Crippen LogP contribution in [-0.4, -0.2) is 60.6 Å². The Morgan fingerprint density at radius 1 is 1.20 bits per heavy atom. The second-order valence-electron chi connectivity index (χ2n) is 5.59. The summed E-state index contributed by atoms with van der Waals surface area (Å²) in [5.41, 5.74) is 0.386. The van der Waals surface area contributed by atoms with Crippen molar-refractivity contribution in [3.05, 3.63) is 53.2 Å². The molecule has 4 N–H and O–H groups in total. The van der Waals surface area contributed by atoms with Crippen molar-refractivity contribution < 1.29 is 27.9 Å². The first-order chi connectivity index (χ1) is 14.2. The summed E-state index contributed by atoms with van der Waals surface area (Å²) in [6.07, 6.45) is 1.84. The minimum Gasteiger partial charge on any atom is -0.475 e. The fourth-order valence-electron chi connectivity index (χ4n) is 2.04. The standard InChI is InChI=1S/C14H15N7O2.C2HF3O2/c22-12(11-7-10-8-15-9-21(10)14(23)20-11)16-3-1-4-17-13-18-5-2-6-19-13;3-2(4,5)1(6)7/h2,5-9H,1,3-4H2,(H,16,22)(H,20,23)(H,17,18,19);(H,6,7). The first kappa shape index (κ1) is 22.3. The smallest absolute Gasteiger partial charge is 0.475 e. The molecule has 0 saturated heterocycles. The average molecular weight is 427 g/mol. The minimum atomic E-state index is -5.08. The van der Waals surface area contributed by atoms with Crippen LogP contribution in [0.25, 0.3) is 5.52 Å². The topological polar surface area (TPSA) is 154 Å². The van der Waals surface area contributed by atoms with Gasteiger partial charge in [0.25, 0.3) is 5.91 Å². The third kappa shape index (κ3) is 6.57. The Balaban J connectivity index is 0.000000396. The molecule has 0 radical (unpaired) electrons. The zero-order valence-corrected chi connectivity index (χ0v) is 15.2. The lowest BCUT2D eigenvalue weighted by Gasteiger charge is -2.06. The van der Waals surface area contributed by atoms with E-state index >= 15 is 0 Å². The number of aromatic nitrogens is 5. The lowest BCUT2D eigenvalue weighted by atomic mass is 10.3. The van der Waals surface area contributed by atoms with E-state index in [-0.39, 0.29) is 11.6 Å². The lowest BCUT2D eigenvalue weighted by molar-refractivity contribution is -0.192. The maximum absolute atomic E-state index is 12.0. The maximum Gasteiger partial charge on any atom is 0.490 e. The number of aromatic amines is 1. The van der Waals surface area contributed by atoms with E-state index in [1.54, 1.807) is 24.5 Å². The van der Waals surface area contributed by atoms with E-state index in [2.05, 4.69) is 30.6 Å². The zero-order chi connectivity index (χ0) is 22.1. The van der Waals surface area contributed by atoms with Crippen molar-refractivity contribution in [1.82, 2.24) is 29.7 Å². The molecule has 0 saturated carbocycles. The van der Waals surface area contributed by atoms with E-state index in [1.165, 1.54) is 16.9 Å². The molecule has 14 heteroatoms. The molecule has 1 amide bonds. The van der Waals surface area contributed by atoms with Gasteiger partial charge in [-0.15, -0.1) is 0 Å². The van der Waals surface area contributed by atoms with Gasteiger partial charge < -0.3 is 20.7 Å². The molecule has 0 spiro atoms. The van der Waals surface area contributed by atoms with Gasteiger partial charge in [-0.1, -0.05) is 0 Å². The van der Waals surface area contributed by atoms with Crippen molar-refractivity contribution in [2.75, 3.05) is 18.4 Å². The van der Waals surface area contributed by atoms with E-state index in [0.717, 1.165) is 0 Å². The summed E-state index contributed by atoms with van der Waals surface area (Å²) in [7, 11) is 0. The second-order valence-corrected chi connectivity index (χ2v) is 5.59. The van der Waals surface area contributed by atoms with Crippen molar-refractivity contribution >= 4 is 23.3 Å². The first-order valence-electron chi connectivity index (χ1n) is 8.33. The van der Waals surface area contributed by atoms with Crippen molar-refractivity contribution in [1.29, 1.82) is 0 Å². The highest BCUT2D eigenvalue weighted by molar-refractivity contribution is 5.93. The number of amides is 1. The van der Waals surface area contributed by atoms with Crippen LogP contribution in [0.1, 0.15) is 16.9 Å². The monoisotopic (exact) mass is 427 g/mol. The van der Waals surface area contributed by atoms with Gasteiger partial charge in [0.2, 0.25) is 5.95 Å². The summed E-state index contributed by atoms with van der Waals surface area (Å²) in [4.78, 5) is 47.2. The third-order valence-electron chi connectivity index (χ3n) is 3.39. The van der Waals surface area contributed by atoms with Gasteiger partial charge in [-0.25, -0.2) is 24.5 Å². The Bertz CT molecular complexity index is 1050. The van der Waals surface area contributed by atoms with E-state index in [9.17, 15) is 22.8 Å². The van der Waals surface area contributed by atoms with Crippen molar-refractivity contribution in [3.8, 4) is 0 Å². The highest BCUT2D eigenvalue weighted by atomic mass is 19.4. The van der Waals surface area contributed by atoms with Crippen LogP contribution in [0.3, 0.4) is 0 Å². The molecule has 0 aliphatic rings. The molecule has 0 unspecified atom stereocenters. The second kappa shape index (κ2) is 9.99. The number of carbonyl (C=O) groups excluding carboxylic acids is 1. The van der Waals surface area contributed by atoms with Gasteiger partial charge in [0.05, 0.1) is 11.7 Å². The van der Waals surface area contributed by atoms with Crippen LogP contribution in [0, 0.1) is 0 Å². The number of aliphatic carboxylic acids is 1. The molecule has 11 nitrogen and oxygen atoms in total. The third-order valence-corrected chi connectivity index (χ3v) is 3.39. The number of H-pyrrole nitrogens is 1. The predicted molar refractivity (Wildman–Crippen MR) is 97.0 cm³/mol. The molecule has 3 rings (SSSR count). The normalized spacial score (nSPS) is 10.8. The molecule has 30 heavy (non-hydrogen) atoms. The van der Waals surface area contributed by atoms with Crippen LogP contribution in [0.5, 0.6) is 0 Å². The highest BCUT2D eigenvalue weighted by Crippen LogP contribution is 2.13. The van der Waals surface area contributed by atoms with Gasteiger partial charge >= 0.3 is 17.8 Å². The number of nitrogens with zero attached hydrogens (tertiary/aromatic N) is 4. The first-order valence-corrected chi connectivity index (χ1v) is 8.33. The number of hydrogen-bond acceptors (Lipinski definition) is 7. The molecular formula is C16H16F3N7O4. The summed E-state index contributed by atoms with van der Waals surface area (Å²) in [6.45, 7) is 1.09. The number of carboxylic acid groups (broad SMARTS) is 1. The van der Waals surface area contributed by atoms with Crippen molar-refractivity contribution in [2.24, 2.45) is 0 Å². The number of halogens is 3. The molecule has 0 aromatic carbocycles. The van der Waals surface area contributed by atoms with E-state index in [1.807, 2.05) is 0 Å². The molecular weight excluding hydrogens is 411 g/mol. The number of nitrogens with one attached hydrogen (secondary N) is 3. The fraction of sp³-hybridized carbons (Fsp3) is 0.250. The van der Waals surface area contributed by atoms with Gasteiger partial charge in [0, 0.05) is 25.5 Å². The van der Waals surface area contributed by atoms with Gasteiger partial charge in [-0.2, -0.15) is 13.2 Å². The summed E-state index contributed by atoms with van der Waals surface area (Å²) < 4.78 is 33.1. The molecule has 160 valence electrons. The SMILES string of the molecule is O=C(NCCCNc1ncccn1)c1cc2cncn2c(=O)[nH]1.O=C(O)C(F)(F)F. The van der Waals surface area contributed by atoms with Gasteiger partial charge in [0.1, 0.15) is 12.0 Å². The van der Waals surface area contributed by atoms with Gasteiger partial charge in [-0.05, 0) is 18.6 Å². The Morgan fingerprint density at radius 2 is 1.87 bits per heavy atom. The molecule has 3 aromatic heterocycles. The number of imidazole rings is 1. The summed E-state index contributed by atoms with van der Waals surface area (Å²) in [6, 6.07) is 3.32. The summed E-state index contributed by atoms with van der Waals surface area (Å²) in [5.74, 6) is -2.54. The molecule has 3 heterocycles. The van der Waals surface area contributed by atoms with Crippen molar-refractivity contribution in [2.45, 2.75) is 12.6 Å². The van der Waals surface area contributed by atoms with Gasteiger partial charge in [0.15, 0.2) is 0 Å². The molecule has 0 aliphatic heterocycles. The zero-order valence-electron chi connectivity index (χ0n) is 15.2. The number of rotatable bonds is 6. The quantitative estimate of drug-likeness (QED) is 0.419. The van der Waals surface area contributed by atoms with E-state index in [0.29, 0.717) is 31.0 Å². The summed E-state index contributed by atoms with van der Waals surface area (Å²) >= 11 is 0. The number of fused-ring (bicyclic) bond motifs is 1. The molecule has 0 aliphatic carbocycles. The van der Waals surface area contributed by atoms with Crippen LogP contribution in [0.15, 0.2) is 41.8 Å². The Kier molecular flexibility index (Phi) is 7.44. The number of alkyl halides is 3. The van der Waals surface area contributed by atoms with Crippen LogP contribution in [-0.2, 0) is 4.79 Å². The molecule has 0 bridgehead atoms. The fourth-order valence-corrected chi connectivity index (χ4v) is 2.04. The van der Waals surface area contributed by atoms with Crippen LogP contribution >= 0.6 is 0 Å². The van der Waals surface area contributed by atoms with Gasteiger partial charge in [-0.3, -0.25) is 9.20 Å². The largest absolute Gasteiger partial charge is 0.490 e. The predicted octanol–water partition coefficient (Wildman–Crippen LogP) is 0.678. The van der Waals surface area contributed by atoms with Crippen molar-refractivity contribution in [3.63, 3.8) is 0 Å². The average Bonchev–Trinajstić information content (AvgIpc) is 3.17. The number of anilines is 1. The highest BCUT2D eigenvalue weighted by Gasteiger charge is 2.38. The van der Waals surface area contributed by atoms with Crippen LogP contribution in [0.2, 0.25) is 0 Å². The minimum absolute atomic E-state index is 0.211. The Hall–Kier alpha value is -3.97. The maximum atomic E-state index is 12.0. The molecule has 3 aromatic rings. The van der Waals surface area contributed by atoms with E-state index in [4.69, 9.17) is 9.90 Å². The van der Waals surface area contributed by atoms with Crippen LogP contribution in [0.4, 0.5) is 19.1 Å². The molecule has 0 fully saturated rings. The van der Waals surface area contributed by atoms with Crippen LogP contribution < -0.4 is 16.3 Å². The number of carbonyl (C=O) groups is 2. The lowest BCUT2D eigenvalue weighted by Crippen LogP contribution is -2.29. The Morgan fingerprint density at radius 3 is 2.50 bits per heavy atom. The number of hydrogen-bond donors (Lipinski definition) is 4. The molecule has 0 atom stereocenters. The summed E-state index contributed by atoms with van der Waals surface area (Å²) in [5, 5.41) is 12.9. The van der Waals surface area contributed by atoms with E-state index < -0.39 is 17.8 Å². The number of carboxylic acids is 1. The Labute approximate surface area is 166 Å².